The molecule has 0 aliphatic rings. The van der Waals surface area contributed by atoms with Crippen LogP contribution in [0, 0.1) is 0 Å². The number of hydrogen-bond acceptors (Lipinski definition) is 4. The van der Waals surface area contributed by atoms with Crippen molar-refractivity contribution in [1.29, 1.82) is 0 Å². The number of sulfonamides is 1. The zero-order chi connectivity index (χ0) is 14.0. The molecule has 0 N–H and O–H groups in total. The Morgan fingerprint density at radius 1 is 1.42 bits per heavy atom. The third kappa shape index (κ3) is 2.86. The monoisotopic (exact) mass is 319 g/mol. The van der Waals surface area contributed by atoms with Gasteiger partial charge in [0.15, 0.2) is 0 Å². The van der Waals surface area contributed by atoms with Crippen LogP contribution < -0.4 is 0 Å². The lowest BCUT2D eigenvalue weighted by molar-refractivity contribution is 0.366. The number of alkyl halides is 1. The molecule has 2 heterocycles. The lowest BCUT2D eigenvalue weighted by Crippen LogP contribution is -2.29. The van der Waals surface area contributed by atoms with Crippen molar-refractivity contribution in [2.75, 3.05) is 7.05 Å². The fourth-order valence-electron chi connectivity index (χ4n) is 1.63. The van der Waals surface area contributed by atoms with E-state index in [0.717, 1.165) is 4.88 Å². The van der Waals surface area contributed by atoms with E-state index in [4.69, 9.17) is 16.0 Å². The number of hydrogen-bond donors (Lipinski definition) is 0. The minimum atomic E-state index is -3.64. The highest BCUT2D eigenvalue weighted by Gasteiger charge is 2.29. The maximum absolute atomic E-state index is 12.4. The Morgan fingerprint density at radius 2 is 2.16 bits per heavy atom. The number of furan rings is 1. The number of thiophene rings is 1. The van der Waals surface area contributed by atoms with Crippen LogP contribution >= 0.6 is 22.9 Å². The minimum absolute atomic E-state index is 0.0749. The van der Waals surface area contributed by atoms with Gasteiger partial charge in [-0.05, 0) is 30.5 Å². The third-order valence-corrected chi connectivity index (χ3v) is 6.01. The summed E-state index contributed by atoms with van der Waals surface area (Å²) in [6, 6.07) is 6.58. The highest BCUT2D eigenvalue weighted by molar-refractivity contribution is 7.89. The van der Waals surface area contributed by atoms with Crippen molar-refractivity contribution in [2.24, 2.45) is 0 Å². The molecule has 0 saturated carbocycles. The molecular formula is C12H14ClNO3S2. The van der Waals surface area contributed by atoms with Crippen LogP contribution in [0.3, 0.4) is 0 Å². The average molecular weight is 320 g/mol. The smallest absolute Gasteiger partial charge is 0.276 e. The predicted molar refractivity (Wildman–Crippen MR) is 75.9 cm³/mol. The molecule has 0 radical (unpaired) electrons. The van der Waals surface area contributed by atoms with E-state index in [1.807, 2.05) is 24.4 Å². The summed E-state index contributed by atoms with van der Waals surface area (Å²) in [5, 5.41) is 1.85. The lowest BCUT2D eigenvalue weighted by Gasteiger charge is -2.22. The van der Waals surface area contributed by atoms with Crippen LogP contribution in [-0.4, -0.2) is 19.8 Å². The largest absolute Gasteiger partial charge is 0.447 e. The quantitative estimate of drug-likeness (QED) is 0.793. The fourth-order valence-corrected chi connectivity index (χ4v) is 3.93. The number of nitrogens with zero attached hydrogens (tertiary/aromatic N) is 1. The first-order valence-corrected chi connectivity index (χ1v) is 8.48. The molecule has 1 unspecified atom stereocenters. The highest BCUT2D eigenvalue weighted by Crippen LogP contribution is 2.29. The van der Waals surface area contributed by atoms with Crippen LogP contribution in [0.4, 0.5) is 0 Å². The van der Waals surface area contributed by atoms with Gasteiger partial charge in [-0.15, -0.1) is 22.9 Å². The van der Waals surface area contributed by atoms with E-state index in [1.54, 1.807) is 13.1 Å². The van der Waals surface area contributed by atoms with Crippen LogP contribution in [0.2, 0.25) is 0 Å². The lowest BCUT2D eigenvalue weighted by atomic mass is 10.3. The summed E-state index contributed by atoms with van der Waals surface area (Å²) in [5.41, 5.74) is 0. The summed E-state index contributed by atoms with van der Waals surface area (Å²) >= 11 is 7.14. The molecule has 0 saturated heterocycles. The van der Waals surface area contributed by atoms with E-state index in [0.29, 0.717) is 5.76 Å². The summed E-state index contributed by atoms with van der Waals surface area (Å²) in [6.07, 6.45) is 0. The van der Waals surface area contributed by atoms with Gasteiger partial charge in [-0.2, -0.15) is 4.31 Å². The minimum Gasteiger partial charge on any atom is -0.447 e. The van der Waals surface area contributed by atoms with Gasteiger partial charge in [0.25, 0.3) is 10.0 Å². The zero-order valence-corrected chi connectivity index (χ0v) is 12.9. The molecule has 2 aromatic rings. The molecule has 2 rings (SSSR count). The first-order chi connectivity index (χ1) is 8.96. The van der Waals surface area contributed by atoms with Gasteiger partial charge in [0.05, 0.1) is 11.9 Å². The molecule has 2 aromatic heterocycles. The summed E-state index contributed by atoms with van der Waals surface area (Å²) in [6.45, 7) is 1.84. The molecule has 1 atom stereocenters. The summed E-state index contributed by atoms with van der Waals surface area (Å²) in [7, 11) is -2.09. The topological polar surface area (TPSA) is 50.5 Å². The van der Waals surface area contributed by atoms with E-state index in [2.05, 4.69) is 0 Å². The van der Waals surface area contributed by atoms with Crippen molar-refractivity contribution < 1.29 is 12.8 Å². The van der Waals surface area contributed by atoms with E-state index in [1.165, 1.54) is 21.7 Å². The zero-order valence-electron chi connectivity index (χ0n) is 10.5. The first kappa shape index (κ1) is 14.6. The van der Waals surface area contributed by atoms with E-state index < -0.39 is 10.0 Å². The standard InChI is InChI=1S/C12H14ClNO3S2/c1-9(11-4-3-7-18-11)14(2)19(15,16)12-6-5-10(8-13)17-12/h3-7,9H,8H2,1-2H3. The molecule has 0 fully saturated rings. The van der Waals surface area contributed by atoms with Gasteiger partial charge in [-0.3, -0.25) is 0 Å². The number of rotatable bonds is 5. The van der Waals surface area contributed by atoms with E-state index in [9.17, 15) is 8.42 Å². The van der Waals surface area contributed by atoms with Gasteiger partial charge in [0.2, 0.25) is 5.09 Å². The molecule has 0 spiro atoms. The van der Waals surface area contributed by atoms with Crippen LogP contribution in [-0.2, 0) is 15.9 Å². The summed E-state index contributed by atoms with van der Waals surface area (Å²) in [4.78, 5) is 0.982. The Labute approximate surface area is 121 Å². The molecule has 7 heteroatoms. The van der Waals surface area contributed by atoms with Gasteiger partial charge in [-0.1, -0.05) is 6.07 Å². The van der Waals surface area contributed by atoms with Crippen molar-refractivity contribution in [1.82, 2.24) is 4.31 Å². The van der Waals surface area contributed by atoms with Gasteiger partial charge < -0.3 is 4.42 Å². The second kappa shape index (κ2) is 5.66. The SMILES string of the molecule is CC(c1cccs1)N(C)S(=O)(=O)c1ccc(CCl)o1. The van der Waals surface area contributed by atoms with Gasteiger partial charge in [-0.25, -0.2) is 8.42 Å². The van der Waals surface area contributed by atoms with Gasteiger partial charge >= 0.3 is 0 Å². The first-order valence-electron chi connectivity index (χ1n) is 5.63. The normalized spacial score (nSPS) is 13.9. The maximum Gasteiger partial charge on any atom is 0.276 e. The van der Waals surface area contributed by atoms with Crippen LogP contribution in [0.1, 0.15) is 23.6 Å². The molecule has 0 aliphatic heterocycles. The second-order valence-electron chi connectivity index (χ2n) is 4.07. The highest BCUT2D eigenvalue weighted by atomic mass is 35.5. The van der Waals surface area contributed by atoms with Crippen molar-refractivity contribution in [3.8, 4) is 0 Å². The Kier molecular flexibility index (Phi) is 4.35. The van der Waals surface area contributed by atoms with Crippen molar-refractivity contribution in [2.45, 2.75) is 23.9 Å². The van der Waals surface area contributed by atoms with Gasteiger partial charge in [0, 0.05) is 11.9 Å². The molecule has 104 valence electrons. The molecule has 0 aromatic carbocycles. The number of halogens is 1. The maximum atomic E-state index is 12.4. The average Bonchev–Trinajstić information content (AvgIpc) is 3.07. The molecule has 0 bridgehead atoms. The van der Waals surface area contributed by atoms with Crippen molar-refractivity contribution >= 4 is 33.0 Å². The fraction of sp³-hybridized carbons (Fsp3) is 0.333. The van der Waals surface area contributed by atoms with Crippen LogP contribution in [0.15, 0.2) is 39.2 Å². The van der Waals surface area contributed by atoms with Crippen molar-refractivity contribution in [3.63, 3.8) is 0 Å². The molecule has 0 amide bonds. The van der Waals surface area contributed by atoms with Gasteiger partial charge in [0.1, 0.15) is 5.76 Å². The van der Waals surface area contributed by atoms with Crippen molar-refractivity contribution in [3.05, 3.63) is 40.3 Å². The molecule has 4 nitrogen and oxygen atoms in total. The third-order valence-electron chi connectivity index (χ3n) is 2.90. The summed E-state index contributed by atoms with van der Waals surface area (Å²) < 4.78 is 31.3. The Balaban J connectivity index is 2.28. The van der Waals surface area contributed by atoms with Crippen LogP contribution in [0.25, 0.3) is 0 Å². The Morgan fingerprint density at radius 3 is 2.68 bits per heavy atom. The summed E-state index contributed by atoms with van der Waals surface area (Å²) in [5.74, 6) is 0.595. The van der Waals surface area contributed by atoms with Crippen LogP contribution in [0.5, 0.6) is 0 Å². The molecule has 19 heavy (non-hydrogen) atoms. The molecule has 0 aliphatic carbocycles. The Bertz CT molecular complexity index is 634. The van der Waals surface area contributed by atoms with E-state index >= 15 is 0 Å². The second-order valence-corrected chi connectivity index (χ2v) is 7.24. The molecular weight excluding hydrogens is 306 g/mol. The van der Waals surface area contributed by atoms with E-state index in [-0.39, 0.29) is 17.0 Å². The Hall–Kier alpha value is -0.820. The predicted octanol–water partition coefficient (Wildman–Crippen LogP) is 3.46.